The molecule has 0 aliphatic carbocycles. The minimum Gasteiger partial charge on any atom is -0.459 e. The molecule has 0 aromatic carbocycles. The summed E-state index contributed by atoms with van der Waals surface area (Å²) in [6.45, 7) is 5.79. The molecule has 0 N–H and O–H groups in total. The molecule has 3 aromatic rings. The number of furan rings is 1. The third kappa shape index (κ3) is 4.15. The van der Waals surface area contributed by atoms with Gasteiger partial charge in [0.2, 0.25) is 0 Å². The van der Waals surface area contributed by atoms with Crippen LogP contribution in [0.3, 0.4) is 0 Å². The number of carbonyl (C=O) groups is 1. The van der Waals surface area contributed by atoms with Crippen molar-refractivity contribution in [3.8, 4) is 10.8 Å². The lowest BCUT2D eigenvalue weighted by Gasteiger charge is -2.24. The van der Waals surface area contributed by atoms with Crippen LogP contribution in [0.1, 0.15) is 38.8 Å². The molecule has 3 aromatic heterocycles. The third-order valence-corrected chi connectivity index (χ3v) is 6.63. The molecule has 1 fully saturated rings. The molecule has 142 valence electrons. The second kappa shape index (κ2) is 7.96. The number of carbonyl (C=O) groups excluding carboxylic acids is 1. The fourth-order valence-corrected chi connectivity index (χ4v) is 4.95. The summed E-state index contributed by atoms with van der Waals surface area (Å²) in [4.78, 5) is 21.7. The molecule has 1 amide bonds. The van der Waals surface area contributed by atoms with E-state index < -0.39 is 0 Å². The number of nitrogens with zero attached hydrogens (tertiary/aromatic N) is 2. The van der Waals surface area contributed by atoms with Gasteiger partial charge in [0.05, 0.1) is 18.3 Å². The van der Waals surface area contributed by atoms with Gasteiger partial charge in [0.25, 0.3) is 5.91 Å². The number of amides is 1. The van der Waals surface area contributed by atoms with Crippen LogP contribution in [-0.2, 0) is 11.3 Å². The van der Waals surface area contributed by atoms with Gasteiger partial charge in [0.15, 0.2) is 10.8 Å². The first-order chi connectivity index (χ1) is 13.1. The zero-order valence-electron chi connectivity index (χ0n) is 15.4. The Labute approximate surface area is 166 Å². The number of thiophene rings is 1. The van der Waals surface area contributed by atoms with E-state index in [0.29, 0.717) is 23.7 Å². The van der Waals surface area contributed by atoms with Gasteiger partial charge >= 0.3 is 0 Å². The molecule has 1 atom stereocenters. The zero-order chi connectivity index (χ0) is 18.8. The van der Waals surface area contributed by atoms with Crippen LogP contribution in [0, 0.1) is 13.8 Å². The highest BCUT2D eigenvalue weighted by atomic mass is 32.1. The van der Waals surface area contributed by atoms with E-state index in [2.05, 4.69) is 11.1 Å². The zero-order valence-corrected chi connectivity index (χ0v) is 17.1. The van der Waals surface area contributed by atoms with Crippen LogP contribution in [0.4, 0.5) is 0 Å². The topological polar surface area (TPSA) is 55.6 Å². The number of aromatic nitrogens is 1. The first-order valence-corrected chi connectivity index (χ1v) is 10.8. The third-order valence-electron chi connectivity index (χ3n) is 4.60. The van der Waals surface area contributed by atoms with Gasteiger partial charge in [-0.2, -0.15) is 0 Å². The summed E-state index contributed by atoms with van der Waals surface area (Å²) in [5.41, 5.74) is 0.748. The standard InChI is InChI=1S/C20H22N2O3S2/c1-13-7-8-17(25-13)19-21-14(2)18(27-19)20(23)22(11-15-5-3-9-24-15)12-16-6-4-10-26-16/h4,6-8,10,15H,3,5,9,11-12H2,1-2H3. The molecular weight excluding hydrogens is 380 g/mol. The molecule has 1 unspecified atom stereocenters. The fraction of sp³-hybridized carbons (Fsp3) is 0.400. The molecule has 1 saturated heterocycles. The summed E-state index contributed by atoms with van der Waals surface area (Å²) >= 11 is 3.07. The molecular formula is C20H22N2O3S2. The van der Waals surface area contributed by atoms with Crippen molar-refractivity contribution in [3.63, 3.8) is 0 Å². The Morgan fingerprint density at radius 3 is 2.89 bits per heavy atom. The minimum absolute atomic E-state index is 0.0171. The van der Waals surface area contributed by atoms with E-state index in [0.717, 1.165) is 35.9 Å². The Bertz CT molecular complexity index is 908. The van der Waals surface area contributed by atoms with Crippen molar-refractivity contribution in [3.05, 3.63) is 50.9 Å². The van der Waals surface area contributed by atoms with Gasteiger partial charge in [-0.3, -0.25) is 4.79 Å². The fourth-order valence-electron chi connectivity index (χ4n) is 3.24. The van der Waals surface area contributed by atoms with Crippen molar-refractivity contribution in [1.82, 2.24) is 9.88 Å². The average Bonchev–Trinajstić information content (AvgIpc) is 3.41. The molecule has 1 aliphatic heterocycles. The molecule has 27 heavy (non-hydrogen) atoms. The summed E-state index contributed by atoms with van der Waals surface area (Å²) in [6, 6.07) is 7.90. The Hall–Kier alpha value is -1.96. The van der Waals surface area contributed by atoms with E-state index in [4.69, 9.17) is 9.15 Å². The number of hydrogen-bond donors (Lipinski definition) is 0. The number of aryl methyl sites for hydroxylation is 2. The summed E-state index contributed by atoms with van der Waals surface area (Å²) in [7, 11) is 0. The summed E-state index contributed by atoms with van der Waals surface area (Å²) in [5, 5.41) is 2.79. The van der Waals surface area contributed by atoms with E-state index in [1.54, 1.807) is 11.3 Å². The first-order valence-electron chi connectivity index (χ1n) is 9.07. The maximum atomic E-state index is 13.3. The quantitative estimate of drug-likeness (QED) is 0.588. The van der Waals surface area contributed by atoms with Gasteiger partial charge in [0, 0.05) is 18.0 Å². The lowest BCUT2D eigenvalue weighted by atomic mass is 10.2. The van der Waals surface area contributed by atoms with Gasteiger partial charge in [-0.1, -0.05) is 6.07 Å². The Morgan fingerprint density at radius 1 is 1.33 bits per heavy atom. The Kier molecular flexibility index (Phi) is 5.43. The van der Waals surface area contributed by atoms with Gasteiger partial charge in [0.1, 0.15) is 10.6 Å². The van der Waals surface area contributed by atoms with Crippen LogP contribution in [0.2, 0.25) is 0 Å². The summed E-state index contributed by atoms with van der Waals surface area (Å²) in [6.07, 6.45) is 2.19. The normalized spacial score (nSPS) is 16.7. The van der Waals surface area contributed by atoms with Gasteiger partial charge in [-0.05, 0) is 50.3 Å². The Balaban J connectivity index is 1.59. The van der Waals surface area contributed by atoms with Gasteiger partial charge in [-0.25, -0.2) is 4.98 Å². The summed E-state index contributed by atoms with van der Waals surface area (Å²) < 4.78 is 11.5. The average molecular weight is 403 g/mol. The second-order valence-electron chi connectivity index (χ2n) is 6.74. The van der Waals surface area contributed by atoms with Crippen molar-refractivity contribution in [2.45, 2.75) is 39.3 Å². The van der Waals surface area contributed by atoms with E-state index in [1.165, 1.54) is 16.2 Å². The van der Waals surface area contributed by atoms with Crippen molar-refractivity contribution in [1.29, 1.82) is 0 Å². The molecule has 4 rings (SSSR count). The van der Waals surface area contributed by atoms with Crippen LogP contribution < -0.4 is 0 Å². The van der Waals surface area contributed by atoms with E-state index in [1.807, 2.05) is 42.3 Å². The maximum absolute atomic E-state index is 13.3. The van der Waals surface area contributed by atoms with E-state index in [9.17, 15) is 4.79 Å². The van der Waals surface area contributed by atoms with Crippen molar-refractivity contribution in [2.75, 3.05) is 13.2 Å². The van der Waals surface area contributed by atoms with Crippen LogP contribution in [0.5, 0.6) is 0 Å². The Morgan fingerprint density at radius 2 is 2.22 bits per heavy atom. The van der Waals surface area contributed by atoms with Crippen LogP contribution >= 0.6 is 22.7 Å². The predicted octanol–water partition coefficient (Wildman–Crippen LogP) is 4.90. The minimum atomic E-state index is 0.0171. The lowest BCUT2D eigenvalue weighted by molar-refractivity contribution is 0.0512. The number of thiazole rings is 1. The van der Waals surface area contributed by atoms with Crippen molar-refractivity contribution < 1.29 is 13.9 Å². The highest BCUT2D eigenvalue weighted by Crippen LogP contribution is 2.31. The van der Waals surface area contributed by atoms with Crippen LogP contribution in [0.25, 0.3) is 10.8 Å². The summed E-state index contributed by atoms with van der Waals surface area (Å²) in [5.74, 6) is 1.57. The maximum Gasteiger partial charge on any atom is 0.266 e. The van der Waals surface area contributed by atoms with Gasteiger partial charge < -0.3 is 14.1 Å². The highest BCUT2D eigenvalue weighted by molar-refractivity contribution is 7.17. The van der Waals surface area contributed by atoms with Gasteiger partial charge in [-0.15, -0.1) is 22.7 Å². The molecule has 0 radical (unpaired) electrons. The SMILES string of the molecule is Cc1ccc(-c2nc(C)c(C(=O)N(Cc3cccs3)CC3CCCO3)s2)o1. The molecule has 4 heterocycles. The van der Waals surface area contributed by atoms with Crippen LogP contribution in [0.15, 0.2) is 34.1 Å². The molecule has 0 saturated carbocycles. The number of hydrogen-bond acceptors (Lipinski definition) is 6. The smallest absolute Gasteiger partial charge is 0.266 e. The number of ether oxygens (including phenoxy) is 1. The predicted molar refractivity (Wildman–Crippen MR) is 107 cm³/mol. The number of rotatable bonds is 6. The van der Waals surface area contributed by atoms with Crippen LogP contribution in [-0.4, -0.2) is 35.0 Å². The van der Waals surface area contributed by atoms with Crippen molar-refractivity contribution in [2.24, 2.45) is 0 Å². The second-order valence-corrected chi connectivity index (χ2v) is 8.78. The molecule has 1 aliphatic rings. The molecule has 7 heteroatoms. The molecule has 0 bridgehead atoms. The molecule has 0 spiro atoms. The highest BCUT2D eigenvalue weighted by Gasteiger charge is 2.27. The van der Waals surface area contributed by atoms with E-state index >= 15 is 0 Å². The first kappa shape index (κ1) is 18.4. The van der Waals surface area contributed by atoms with Crippen molar-refractivity contribution >= 4 is 28.6 Å². The molecule has 5 nitrogen and oxygen atoms in total. The van der Waals surface area contributed by atoms with E-state index in [-0.39, 0.29) is 12.0 Å². The largest absolute Gasteiger partial charge is 0.459 e. The lowest BCUT2D eigenvalue weighted by Crippen LogP contribution is -2.36. The monoisotopic (exact) mass is 402 g/mol.